The van der Waals surface area contributed by atoms with Crippen LogP contribution in [-0.2, 0) is 10.9 Å². The number of halogens is 6. The first-order valence-electron chi connectivity index (χ1n) is 6.04. The van der Waals surface area contributed by atoms with Crippen molar-refractivity contribution in [3.8, 4) is 0 Å². The zero-order valence-electron chi connectivity index (χ0n) is 11.1. The molecule has 1 atom stereocenters. The summed E-state index contributed by atoms with van der Waals surface area (Å²) < 4.78 is 79.2. The predicted molar refractivity (Wildman–Crippen MR) is 62.5 cm³/mol. The molecular formula is C12H14F6N2O. The lowest BCUT2D eigenvalue weighted by atomic mass is 10.0. The smallest absolute Gasteiger partial charge is 0.370 e. The Morgan fingerprint density at radius 3 is 2.43 bits per heavy atom. The second-order valence-electron chi connectivity index (χ2n) is 4.20. The average Bonchev–Trinajstić information content (AvgIpc) is 2.35. The second kappa shape index (κ2) is 7.08. The van der Waals surface area contributed by atoms with Crippen LogP contribution in [0, 0.1) is 0 Å². The number of alkyl halides is 6. The number of ether oxygens (including phenoxy) is 1. The van der Waals surface area contributed by atoms with Crippen molar-refractivity contribution < 1.29 is 31.1 Å². The molecule has 1 unspecified atom stereocenters. The summed E-state index contributed by atoms with van der Waals surface area (Å²) in [5, 5.41) is 2.67. The van der Waals surface area contributed by atoms with Crippen LogP contribution in [0.3, 0.4) is 0 Å². The van der Waals surface area contributed by atoms with Crippen molar-refractivity contribution in [2.45, 2.75) is 25.3 Å². The van der Waals surface area contributed by atoms with Crippen LogP contribution < -0.4 is 5.32 Å². The third-order valence-corrected chi connectivity index (χ3v) is 2.53. The number of nitrogens with one attached hydrogen (secondary N) is 1. The van der Waals surface area contributed by atoms with Crippen molar-refractivity contribution in [3.05, 3.63) is 29.6 Å². The molecule has 0 bridgehead atoms. The highest BCUT2D eigenvalue weighted by molar-refractivity contribution is 5.29. The van der Waals surface area contributed by atoms with E-state index in [0.717, 1.165) is 18.5 Å². The summed E-state index contributed by atoms with van der Waals surface area (Å²) in [6.07, 6.45) is -7.19. The minimum absolute atomic E-state index is 0.242. The molecule has 9 heteroatoms. The molecule has 0 radical (unpaired) electrons. The fraction of sp³-hybridized carbons (Fsp3) is 0.583. The molecule has 21 heavy (non-hydrogen) atoms. The maximum atomic E-state index is 12.9. The van der Waals surface area contributed by atoms with E-state index < -0.39 is 37.2 Å². The van der Waals surface area contributed by atoms with Gasteiger partial charge in [-0.15, -0.1) is 0 Å². The molecule has 1 N–H and O–H groups in total. The minimum Gasteiger partial charge on any atom is -0.370 e. The monoisotopic (exact) mass is 316 g/mol. The van der Waals surface area contributed by atoms with E-state index >= 15 is 0 Å². The van der Waals surface area contributed by atoms with E-state index in [1.165, 1.54) is 0 Å². The largest absolute Gasteiger partial charge is 0.416 e. The number of aromatic nitrogens is 1. The first-order chi connectivity index (χ1) is 9.65. The lowest BCUT2D eigenvalue weighted by Gasteiger charge is -2.22. The van der Waals surface area contributed by atoms with Crippen LogP contribution in [0.4, 0.5) is 26.3 Å². The summed E-state index contributed by atoms with van der Waals surface area (Å²) >= 11 is 0. The molecular weight excluding hydrogens is 302 g/mol. The third kappa shape index (κ3) is 5.88. The average molecular weight is 316 g/mol. The van der Waals surface area contributed by atoms with Crippen molar-refractivity contribution >= 4 is 0 Å². The number of nitrogens with zero attached hydrogens (tertiary/aromatic N) is 1. The second-order valence-corrected chi connectivity index (χ2v) is 4.20. The molecule has 1 heterocycles. The molecule has 0 spiro atoms. The molecule has 1 aromatic rings. The Bertz CT molecular complexity index is 446. The number of rotatable bonds is 6. The summed E-state index contributed by atoms with van der Waals surface area (Å²) in [6, 6.07) is -0.244. The minimum atomic E-state index is -4.62. The van der Waals surface area contributed by atoms with E-state index in [1.54, 1.807) is 6.92 Å². The Morgan fingerprint density at radius 2 is 1.90 bits per heavy atom. The molecule has 1 aromatic heterocycles. The van der Waals surface area contributed by atoms with Crippen LogP contribution in [-0.4, -0.2) is 30.9 Å². The van der Waals surface area contributed by atoms with Crippen molar-refractivity contribution in [1.29, 1.82) is 0 Å². The van der Waals surface area contributed by atoms with Crippen molar-refractivity contribution in [3.63, 3.8) is 0 Å². The Labute approximate surface area is 117 Å². The zero-order chi connectivity index (χ0) is 16.1. The molecule has 0 saturated carbocycles. The zero-order valence-corrected chi connectivity index (χ0v) is 11.1. The topological polar surface area (TPSA) is 34.1 Å². The number of pyridine rings is 1. The van der Waals surface area contributed by atoms with Gasteiger partial charge in [0.15, 0.2) is 0 Å². The SMILES string of the molecule is CCNC(COCC(F)(F)F)c1cnccc1C(F)(F)F. The Hall–Kier alpha value is -1.35. The quantitative estimate of drug-likeness (QED) is 0.818. The fourth-order valence-electron chi connectivity index (χ4n) is 1.74. The molecule has 0 aliphatic carbocycles. The molecule has 0 aliphatic rings. The van der Waals surface area contributed by atoms with Gasteiger partial charge in [0.05, 0.1) is 18.2 Å². The van der Waals surface area contributed by atoms with E-state index in [2.05, 4.69) is 15.0 Å². The third-order valence-electron chi connectivity index (χ3n) is 2.53. The molecule has 0 amide bonds. The van der Waals surface area contributed by atoms with Crippen LogP contribution >= 0.6 is 0 Å². The lowest BCUT2D eigenvalue weighted by Crippen LogP contribution is -2.30. The molecule has 3 nitrogen and oxygen atoms in total. The van der Waals surface area contributed by atoms with Gasteiger partial charge in [-0.1, -0.05) is 6.92 Å². The van der Waals surface area contributed by atoms with Gasteiger partial charge in [-0.2, -0.15) is 26.3 Å². The van der Waals surface area contributed by atoms with Gasteiger partial charge in [0.25, 0.3) is 0 Å². The van der Waals surface area contributed by atoms with Gasteiger partial charge < -0.3 is 10.1 Å². The summed E-state index contributed by atoms with van der Waals surface area (Å²) in [5.41, 5.74) is -1.19. The normalized spacial score (nSPS) is 14.2. The highest BCUT2D eigenvalue weighted by Gasteiger charge is 2.35. The maximum Gasteiger partial charge on any atom is 0.416 e. The van der Waals surface area contributed by atoms with E-state index in [4.69, 9.17) is 0 Å². The summed E-state index contributed by atoms with van der Waals surface area (Å²) in [7, 11) is 0. The summed E-state index contributed by atoms with van der Waals surface area (Å²) in [5.74, 6) is 0. The first-order valence-corrected chi connectivity index (χ1v) is 6.04. The van der Waals surface area contributed by atoms with E-state index in [1.807, 2.05) is 0 Å². The van der Waals surface area contributed by atoms with Gasteiger partial charge in [-0.3, -0.25) is 4.98 Å². The Balaban J connectivity index is 2.90. The van der Waals surface area contributed by atoms with Crippen LogP contribution in [0.2, 0.25) is 0 Å². The summed E-state index contributed by atoms with van der Waals surface area (Å²) in [6.45, 7) is -0.161. The van der Waals surface area contributed by atoms with Crippen LogP contribution in [0.25, 0.3) is 0 Å². The fourth-order valence-corrected chi connectivity index (χ4v) is 1.74. The lowest BCUT2D eigenvalue weighted by molar-refractivity contribution is -0.175. The first kappa shape index (κ1) is 17.7. The highest BCUT2D eigenvalue weighted by atomic mass is 19.4. The van der Waals surface area contributed by atoms with Crippen LogP contribution in [0.1, 0.15) is 24.1 Å². The van der Waals surface area contributed by atoms with Gasteiger partial charge in [0.2, 0.25) is 0 Å². The predicted octanol–water partition coefficient (Wildman–Crippen LogP) is 3.33. The molecule has 120 valence electrons. The van der Waals surface area contributed by atoms with Gasteiger partial charge in [-0.05, 0) is 12.6 Å². The molecule has 0 fully saturated rings. The highest BCUT2D eigenvalue weighted by Crippen LogP contribution is 2.34. The van der Waals surface area contributed by atoms with Gasteiger partial charge in [-0.25, -0.2) is 0 Å². The van der Waals surface area contributed by atoms with Gasteiger partial charge >= 0.3 is 12.4 Å². The summed E-state index contributed by atoms with van der Waals surface area (Å²) in [4.78, 5) is 3.60. The molecule has 1 rings (SSSR count). The molecule has 0 saturated heterocycles. The maximum absolute atomic E-state index is 12.9. The number of hydrogen-bond donors (Lipinski definition) is 1. The molecule has 0 aromatic carbocycles. The van der Waals surface area contributed by atoms with E-state index in [9.17, 15) is 26.3 Å². The Kier molecular flexibility index (Phi) is 5.97. The molecule has 0 aliphatic heterocycles. The van der Waals surface area contributed by atoms with Crippen LogP contribution in [0.5, 0.6) is 0 Å². The van der Waals surface area contributed by atoms with Gasteiger partial charge in [0.1, 0.15) is 6.61 Å². The van der Waals surface area contributed by atoms with E-state index in [-0.39, 0.29) is 12.1 Å². The number of likely N-dealkylation sites (N-methyl/N-ethyl adjacent to an activating group) is 1. The standard InChI is InChI=1S/C12H14F6N2O/c1-2-20-10(6-21-7-11(13,14)15)8-5-19-4-3-9(8)12(16,17)18/h3-5,10,20H,2,6-7H2,1H3. The van der Waals surface area contributed by atoms with Gasteiger partial charge in [0, 0.05) is 18.0 Å². The number of hydrogen-bond acceptors (Lipinski definition) is 3. The van der Waals surface area contributed by atoms with Crippen molar-refractivity contribution in [1.82, 2.24) is 10.3 Å². The van der Waals surface area contributed by atoms with Crippen molar-refractivity contribution in [2.24, 2.45) is 0 Å². The van der Waals surface area contributed by atoms with E-state index in [0.29, 0.717) is 0 Å². The van der Waals surface area contributed by atoms with Crippen molar-refractivity contribution in [2.75, 3.05) is 19.8 Å². The van der Waals surface area contributed by atoms with Crippen LogP contribution in [0.15, 0.2) is 18.5 Å². The Morgan fingerprint density at radius 1 is 1.24 bits per heavy atom.